The van der Waals surface area contributed by atoms with Gasteiger partial charge in [-0.15, -0.1) is 0 Å². The van der Waals surface area contributed by atoms with Gasteiger partial charge >= 0.3 is 0 Å². The van der Waals surface area contributed by atoms with Crippen molar-refractivity contribution < 1.29 is 0 Å². The van der Waals surface area contributed by atoms with Crippen LogP contribution in [0, 0.1) is 13.8 Å². The minimum Gasteiger partial charge on any atom is -0.309 e. The summed E-state index contributed by atoms with van der Waals surface area (Å²) in [6.45, 7) is 4.33. The number of nitrogens with zero attached hydrogens (tertiary/aromatic N) is 4. The minimum absolute atomic E-state index is 0.657. The molecule has 4 nitrogen and oxygen atoms in total. The van der Waals surface area contributed by atoms with Crippen molar-refractivity contribution >= 4 is 43.6 Å². The van der Waals surface area contributed by atoms with Gasteiger partial charge in [-0.05, 0) is 62.4 Å². The van der Waals surface area contributed by atoms with E-state index in [0.29, 0.717) is 5.95 Å². The summed E-state index contributed by atoms with van der Waals surface area (Å²) in [5, 5.41) is 4.80. The Hall–Kier alpha value is -6.00. The zero-order valence-electron chi connectivity index (χ0n) is 25.6. The molecule has 0 bridgehead atoms. The summed E-state index contributed by atoms with van der Waals surface area (Å²) in [6, 6.07) is 51.6. The number of hydrogen-bond donors (Lipinski definition) is 0. The van der Waals surface area contributed by atoms with Crippen LogP contribution in [-0.2, 0) is 0 Å². The van der Waals surface area contributed by atoms with Gasteiger partial charge in [0.15, 0.2) is 0 Å². The Morgan fingerprint density at radius 2 is 0.957 bits per heavy atom. The van der Waals surface area contributed by atoms with E-state index in [9.17, 15) is 0 Å². The van der Waals surface area contributed by atoms with Crippen molar-refractivity contribution in [3.05, 3.63) is 157 Å². The molecule has 0 saturated heterocycles. The van der Waals surface area contributed by atoms with E-state index < -0.39 is 0 Å². The van der Waals surface area contributed by atoms with Gasteiger partial charge < -0.3 is 4.57 Å². The highest BCUT2D eigenvalue weighted by Gasteiger charge is 2.23. The third-order valence-corrected chi connectivity index (χ3v) is 9.03. The van der Waals surface area contributed by atoms with E-state index in [0.717, 1.165) is 44.8 Å². The molecule has 6 aromatic carbocycles. The quantitative estimate of drug-likeness (QED) is 0.204. The van der Waals surface area contributed by atoms with E-state index in [2.05, 4.69) is 156 Å². The van der Waals surface area contributed by atoms with E-state index in [4.69, 9.17) is 9.97 Å². The Labute approximate surface area is 266 Å². The lowest BCUT2D eigenvalue weighted by Crippen LogP contribution is -2.04. The number of aryl methyl sites for hydroxylation is 2. The first-order valence-corrected chi connectivity index (χ1v) is 15.7. The Morgan fingerprint density at radius 3 is 1.57 bits per heavy atom. The Morgan fingerprint density at radius 1 is 0.435 bits per heavy atom. The Kier molecular flexibility index (Phi) is 5.90. The van der Waals surface area contributed by atoms with Gasteiger partial charge in [-0.3, -0.25) is 4.57 Å². The van der Waals surface area contributed by atoms with E-state index >= 15 is 0 Å². The van der Waals surface area contributed by atoms with Crippen LogP contribution in [0.3, 0.4) is 0 Å². The topological polar surface area (TPSA) is 35.6 Å². The summed E-state index contributed by atoms with van der Waals surface area (Å²) in [6.07, 6.45) is 0. The average Bonchev–Trinajstić information content (AvgIpc) is 3.61. The van der Waals surface area contributed by atoms with Gasteiger partial charge in [0.05, 0.1) is 33.5 Å². The number of para-hydroxylation sites is 1. The van der Waals surface area contributed by atoms with Gasteiger partial charge in [0.2, 0.25) is 5.95 Å². The van der Waals surface area contributed by atoms with Crippen molar-refractivity contribution in [2.75, 3.05) is 0 Å². The summed E-state index contributed by atoms with van der Waals surface area (Å²) in [7, 11) is 0. The first kappa shape index (κ1) is 26.4. The molecule has 0 saturated carbocycles. The van der Waals surface area contributed by atoms with Crippen LogP contribution in [0.5, 0.6) is 0 Å². The number of rotatable bonds is 4. The highest BCUT2D eigenvalue weighted by atomic mass is 15.2. The monoisotopic (exact) mass is 590 g/mol. The first-order valence-electron chi connectivity index (χ1n) is 15.7. The van der Waals surface area contributed by atoms with Gasteiger partial charge in [-0.2, -0.15) is 0 Å². The fraction of sp³-hybridized carbons (Fsp3) is 0.0476. The van der Waals surface area contributed by atoms with Gasteiger partial charge in [-0.1, -0.05) is 108 Å². The lowest BCUT2D eigenvalue weighted by molar-refractivity contribution is 0.998. The Balaban J connectivity index is 1.48. The highest BCUT2D eigenvalue weighted by Crippen LogP contribution is 2.42. The fourth-order valence-electron chi connectivity index (χ4n) is 6.95. The van der Waals surface area contributed by atoms with Crippen LogP contribution in [0.4, 0.5) is 0 Å². The van der Waals surface area contributed by atoms with E-state index in [1.807, 2.05) is 12.1 Å². The van der Waals surface area contributed by atoms with Crippen molar-refractivity contribution in [1.82, 2.24) is 19.1 Å². The second-order valence-corrected chi connectivity index (χ2v) is 12.1. The van der Waals surface area contributed by atoms with Crippen LogP contribution in [-0.4, -0.2) is 19.1 Å². The second-order valence-electron chi connectivity index (χ2n) is 12.1. The molecule has 0 aliphatic heterocycles. The molecule has 3 heterocycles. The third-order valence-electron chi connectivity index (χ3n) is 9.03. The molecule has 9 aromatic rings. The van der Waals surface area contributed by atoms with Crippen LogP contribution < -0.4 is 0 Å². The molecule has 0 unspecified atom stereocenters. The van der Waals surface area contributed by atoms with E-state index in [1.54, 1.807) is 0 Å². The normalized spacial score (nSPS) is 11.7. The van der Waals surface area contributed by atoms with Crippen LogP contribution in [0.2, 0.25) is 0 Å². The zero-order chi connectivity index (χ0) is 30.8. The van der Waals surface area contributed by atoms with Crippen molar-refractivity contribution in [1.29, 1.82) is 0 Å². The molecule has 0 fully saturated rings. The molecule has 4 heteroatoms. The maximum Gasteiger partial charge on any atom is 0.235 e. The molecule has 0 radical (unpaired) electrons. The second kappa shape index (κ2) is 10.3. The zero-order valence-corrected chi connectivity index (χ0v) is 25.6. The summed E-state index contributed by atoms with van der Waals surface area (Å²) in [5.74, 6) is 0.657. The smallest absolute Gasteiger partial charge is 0.235 e. The average molecular weight is 591 g/mol. The lowest BCUT2D eigenvalue weighted by atomic mass is 10.1. The fourth-order valence-corrected chi connectivity index (χ4v) is 6.95. The molecule has 0 aliphatic rings. The Bertz CT molecular complexity index is 2520. The summed E-state index contributed by atoms with van der Waals surface area (Å²) >= 11 is 0. The van der Waals surface area contributed by atoms with Crippen LogP contribution in [0.25, 0.3) is 77.8 Å². The molecule has 0 N–H and O–H groups in total. The standard InChI is InChI=1S/C42H30N4/c1-27-18-21-37-33(24-27)32-20-23-39-40(34-25-28(2)19-22-38(34)45(39)31-16-10-5-11-17-31)41(32)46(37)42-43-35(29-12-6-3-7-13-29)26-36(44-42)30-14-8-4-9-15-30/h3-26H,1-2H3. The van der Waals surface area contributed by atoms with Crippen molar-refractivity contribution in [2.24, 2.45) is 0 Å². The number of hydrogen-bond acceptors (Lipinski definition) is 2. The SMILES string of the molecule is Cc1ccc2c(c1)c1c(ccc3c4cc(C)ccc4n(-c4nc(-c5ccccc5)cc(-c5ccccc5)n4)c31)n2-c1ccccc1. The maximum absolute atomic E-state index is 5.31. The maximum atomic E-state index is 5.31. The van der Waals surface area contributed by atoms with Gasteiger partial charge in [0.1, 0.15) is 0 Å². The van der Waals surface area contributed by atoms with Crippen molar-refractivity contribution in [2.45, 2.75) is 13.8 Å². The van der Waals surface area contributed by atoms with Crippen molar-refractivity contribution in [3.63, 3.8) is 0 Å². The molecule has 218 valence electrons. The predicted molar refractivity (Wildman–Crippen MR) is 191 cm³/mol. The summed E-state index contributed by atoms with van der Waals surface area (Å²) < 4.78 is 4.68. The summed E-state index contributed by atoms with van der Waals surface area (Å²) in [5.41, 5.74) is 12.0. The number of benzene rings is 6. The van der Waals surface area contributed by atoms with Crippen LogP contribution in [0.1, 0.15) is 11.1 Å². The lowest BCUT2D eigenvalue weighted by Gasteiger charge is -2.12. The minimum atomic E-state index is 0.657. The molecule has 9 rings (SSSR count). The molecule has 46 heavy (non-hydrogen) atoms. The highest BCUT2D eigenvalue weighted by molar-refractivity contribution is 6.26. The molecule has 3 aromatic heterocycles. The molecule has 0 atom stereocenters. The van der Waals surface area contributed by atoms with Gasteiger partial charge in [0.25, 0.3) is 0 Å². The van der Waals surface area contributed by atoms with Crippen LogP contribution in [0.15, 0.2) is 146 Å². The number of fused-ring (bicyclic) bond motifs is 7. The molecule has 0 spiro atoms. The molecular weight excluding hydrogens is 560 g/mol. The number of aromatic nitrogens is 4. The van der Waals surface area contributed by atoms with Gasteiger partial charge in [-0.25, -0.2) is 9.97 Å². The largest absolute Gasteiger partial charge is 0.309 e. The third kappa shape index (κ3) is 4.07. The van der Waals surface area contributed by atoms with Crippen molar-refractivity contribution in [3.8, 4) is 34.2 Å². The molecule has 0 aliphatic carbocycles. The summed E-state index contributed by atoms with van der Waals surface area (Å²) in [4.78, 5) is 10.6. The molecule has 0 amide bonds. The van der Waals surface area contributed by atoms with E-state index in [1.165, 1.54) is 38.2 Å². The van der Waals surface area contributed by atoms with E-state index in [-0.39, 0.29) is 0 Å². The van der Waals surface area contributed by atoms with Gasteiger partial charge in [0, 0.05) is 38.4 Å². The van der Waals surface area contributed by atoms with Crippen LogP contribution >= 0.6 is 0 Å². The molecular formula is C42H30N4. The predicted octanol–water partition coefficient (Wildman–Crippen LogP) is 10.6. The first-order chi connectivity index (χ1) is 22.6.